The van der Waals surface area contributed by atoms with E-state index in [2.05, 4.69) is 20.3 Å². The quantitative estimate of drug-likeness (QED) is 0.589. The Hall–Kier alpha value is -3.67. The van der Waals surface area contributed by atoms with Crippen molar-refractivity contribution in [1.29, 1.82) is 0 Å². The average Bonchev–Trinajstić information content (AvgIpc) is 3.12. The summed E-state index contributed by atoms with van der Waals surface area (Å²) in [5.74, 6) is 1.27. The summed E-state index contributed by atoms with van der Waals surface area (Å²) >= 11 is 0. The smallest absolute Gasteiger partial charge is 0.255 e. The highest BCUT2D eigenvalue weighted by atomic mass is 16.5. The zero-order valence-corrected chi connectivity index (χ0v) is 14.1. The summed E-state index contributed by atoms with van der Waals surface area (Å²) in [6, 6.07) is 16.3. The maximum atomic E-state index is 12.4. The van der Waals surface area contributed by atoms with Gasteiger partial charge in [0.1, 0.15) is 11.6 Å². The summed E-state index contributed by atoms with van der Waals surface area (Å²) in [5, 5.41) is 2.90. The second-order valence-corrected chi connectivity index (χ2v) is 5.74. The third-order valence-corrected chi connectivity index (χ3v) is 4.03. The minimum atomic E-state index is -0.181. The number of nitrogens with zero attached hydrogens (tertiary/aromatic N) is 2. The lowest BCUT2D eigenvalue weighted by molar-refractivity contribution is 0.102. The van der Waals surface area contributed by atoms with Crippen molar-refractivity contribution >= 4 is 22.6 Å². The van der Waals surface area contributed by atoms with Crippen LogP contribution in [-0.4, -0.2) is 28.0 Å². The molecule has 0 radical (unpaired) electrons. The number of nitrogens with one attached hydrogen (secondary N) is 2. The van der Waals surface area contributed by atoms with Crippen LogP contribution in [0.1, 0.15) is 10.4 Å². The van der Waals surface area contributed by atoms with Gasteiger partial charge < -0.3 is 15.0 Å². The van der Waals surface area contributed by atoms with E-state index >= 15 is 0 Å². The summed E-state index contributed by atoms with van der Waals surface area (Å²) in [7, 11) is 1.59. The van der Waals surface area contributed by atoms with Gasteiger partial charge in [-0.15, -0.1) is 0 Å². The third-order valence-electron chi connectivity index (χ3n) is 4.03. The summed E-state index contributed by atoms with van der Waals surface area (Å²) in [4.78, 5) is 24.3. The number of hydrogen-bond donors (Lipinski definition) is 2. The molecule has 0 fully saturated rings. The van der Waals surface area contributed by atoms with E-state index in [0.717, 1.165) is 22.4 Å². The fraction of sp³-hybridized carbons (Fsp3) is 0.0500. The van der Waals surface area contributed by atoms with Crippen LogP contribution < -0.4 is 10.1 Å². The average molecular weight is 344 g/mol. The lowest BCUT2D eigenvalue weighted by Gasteiger charge is -2.06. The van der Waals surface area contributed by atoms with Gasteiger partial charge in [-0.1, -0.05) is 0 Å². The molecular formula is C20H16N4O2. The van der Waals surface area contributed by atoms with Crippen molar-refractivity contribution in [2.75, 3.05) is 12.4 Å². The first-order valence-corrected chi connectivity index (χ1v) is 8.08. The van der Waals surface area contributed by atoms with Gasteiger partial charge in [-0.05, 0) is 54.6 Å². The first-order valence-electron chi connectivity index (χ1n) is 8.08. The van der Waals surface area contributed by atoms with Gasteiger partial charge in [0.2, 0.25) is 0 Å². The van der Waals surface area contributed by atoms with Crippen LogP contribution >= 0.6 is 0 Å². The summed E-state index contributed by atoms with van der Waals surface area (Å²) in [5.41, 5.74) is 3.83. The molecule has 0 unspecified atom stereocenters. The van der Waals surface area contributed by atoms with Crippen LogP contribution in [0.25, 0.3) is 22.4 Å². The van der Waals surface area contributed by atoms with Crippen molar-refractivity contribution in [3.63, 3.8) is 0 Å². The van der Waals surface area contributed by atoms with Gasteiger partial charge in [-0.3, -0.25) is 9.78 Å². The summed E-state index contributed by atoms with van der Waals surface area (Å²) in [6.07, 6.45) is 3.48. The largest absolute Gasteiger partial charge is 0.497 e. The normalized spacial score (nSPS) is 10.7. The number of ether oxygens (including phenoxy) is 1. The van der Waals surface area contributed by atoms with Crippen LogP contribution in [0.15, 0.2) is 67.0 Å². The maximum absolute atomic E-state index is 12.4. The molecule has 0 spiro atoms. The molecule has 0 atom stereocenters. The van der Waals surface area contributed by atoms with E-state index in [4.69, 9.17) is 4.74 Å². The Bertz CT molecular complexity index is 1060. The van der Waals surface area contributed by atoms with Crippen molar-refractivity contribution < 1.29 is 9.53 Å². The predicted octanol–water partition coefficient (Wildman–Crippen LogP) is 3.89. The van der Waals surface area contributed by atoms with E-state index in [1.165, 1.54) is 0 Å². The number of benzene rings is 2. The first-order chi connectivity index (χ1) is 12.7. The number of carbonyl (C=O) groups excluding carboxylic acids is 1. The van der Waals surface area contributed by atoms with Gasteiger partial charge in [0.05, 0.1) is 18.1 Å². The highest BCUT2D eigenvalue weighted by molar-refractivity contribution is 6.05. The number of hydrogen-bond acceptors (Lipinski definition) is 4. The van der Waals surface area contributed by atoms with Gasteiger partial charge in [0, 0.05) is 29.2 Å². The molecule has 4 aromatic rings. The van der Waals surface area contributed by atoms with Gasteiger partial charge in [-0.2, -0.15) is 0 Å². The Labute approximate surface area is 149 Å². The first kappa shape index (κ1) is 15.8. The topological polar surface area (TPSA) is 79.9 Å². The molecule has 128 valence electrons. The Kier molecular flexibility index (Phi) is 4.07. The molecule has 1 amide bonds. The van der Waals surface area contributed by atoms with Crippen molar-refractivity contribution in [1.82, 2.24) is 15.0 Å². The van der Waals surface area contributed by atoms with Crippen molar-refractivity contribution in [2.24, 2.45) is 0 Å². The number of anilines is 1. The molecule has 2 aromatic heterocycles. The second kappa shape index (κ2) is 6.68. The molecule has 0 aliphatic heterocycles. The molecule has 6 heteroatoms. The van der Waals surface area contributed by atoms with Crippen LogP contribution in [0.5, 0.6) is 5.75 Å². The van der Waals surface area contributed by atoms with Crippen molar-refractivity contribution in [3.05, 3.63) is 72.6 Å². The molecular weight excluding hydrogens is 328 g/mol. The van der Waals surface area contributed by atoms with Crippen molar-refractivity contribution in [2.45, 2.75) is 0 Å². The van der Waals surface area contributed by atoms with Crippen LogP contribution in [0.3, 0.4) is 0 Å². The van der Waals surface area contributed by atoms with E-state index in [1.807, 2.05) is 30.3 Å². The lowest BCUT2D eigenvalue weighted by Crippen LogP contribution is -2.11. The number of imidazole rings is 1. The van der Waals surface area contributed by atoms with E-state index in [0.29, 0.717) is 17.0 Å². The molecule has 4 rings (SSSR count). The molecule has 0 bridgehead atoms. The minimum absolute atomic E-state index is 0.181. The fourth-order valence-electron chi connectivity index (χ4n) is 2.67. The van der Waals surface area contributed by atoms with Gasteiger partial charge in [0.15, 0.2) is 0 Å². The molecule has 0 aliphatic carbocycles. The highest BCUT2D eigenvalue weighted by Crippen LogP contribution is 2.23. The Morgan fingerprint density at radius 1 is 1.12 bits per heavy atom. The monoisotopic (exact) mass is 344 g/mol. The number of aromatic nitrogens is 3. The molecule has 0 aliphatic rings. The summed E-state index contributed by atoms with van der Waals surface area (Å²) < 4.78 is 5.11. The van der Waals surface area contributed by atoms with Gasteiger partial charge in [0.25, 0.3) is 5.91 Å². The zero-order valence-electron chi connectivity index (χ0n) is 14.1. The van der Waals surface area contributed by atoms with E-state index in [-0.39, 0.29) is 5.91 Å². The molecule has 0 saturated heterocycles. The third kappa shape index (κ3) is 3.12. The number of carbonyl (C=O) groups is 1. The number of H-pyrrole nitrogens is 1. The predicted molar refractivity (Wildman–Crippen MR) is 100 cm³/mol. The summed E-state index contributed by atoms with van der Waals surface area (Å²) in [6.45, 7) is 0. The number of fused-ring (bicyclic) bond motifs is 1. The van der Waals surface area contributed by atoms with Gasteiger partial charge >= 0.3 is 0 Å². The van der Waals surface area contributed by atoms with Crippen LogP contribution in [0.4, 0.5) is 5.69 Å². The lowest BCUT2D eigenvalue weighted by atomic mass is 10.2. The number of methoxy groups -OCH3 is 1. The molecule has 0 saturated carbocycles. The van der Waals surface area contributed by atoms with Crippen molar-refractivity contribution in [3.8, 4) is 17.1 Å². The SMILES string of the molecule is COc1ccc(C(=O)Nc2ccc3nc(-c4cccnc4)[nH]c3c2)cc1. The molecule has 26 heavy (non-hydrogen) atoms. The Morgan fingerprint density at radius 3 is 2.69 bits per heavy atom. The molecule has 2 N–H and O–H groups in total. The minimum Gasteiger partial charge on any atom is -0.497 e. The number of rotatable bonds is 4. The fourth-order valence-corrected chi connectivity index (χ4v) is 2.67. The zero-order chi connectivity index (χ0) is 17.9. The van der Waals surface area contributed by atoms with Crippen LogP contribution in [-0.2, 0) is 0 Å². The Morgan fingerprint density at radius 2 is 1.96 bits per heavy atom. The van der Waals surface area contributed by atoms with E-state index in [1.54, 1.807) is 43.8 Å². The number of aromatic amines is 1. The van der Waals surface area contributed by atoms with Crippen LogP contribution in [0.2, 0.25) is 0 Å². The molecule has 2 aromatic carbocycles. The molecule has 2 heterocycles. The maximum Gasteiger partial charge on any atom is 0.255 e. The second-order valence-electron chi connectivity index (χ2n) is 5.74. The highest BCUT2D eigenvalue weighted by Gasteiger charge is 2.09. The van der Waals surface area contributed by atoms with Crippen LogP contribution in [0, 0.1) is 0 Å². The van der Waals surface area contributed by atoms with Gasteiger partial charge in [-0.25, -0.2) is 4.98 Å². The Balaban J connectivity index is 1.58. The molecule has 6 nitrogen and oxygen atoms in total. The number of pyridine rings is 1. The number of amides is 1. The van der Waals surface area contributed by atoms with E-state index in [9.17, 15) is 4.79 Å². The van der Waals surface area contributed by atoms with E-state index < -0.39 is 0 Å². The standard InChI is InChI=1S/C20H16N4O2/c1-26-16-7-4-13(5-8-16)20(25)22-15-6-9-17-18(11-15)24-19(23-17)14-3-2-10-21-12-14/h2-12H,1H3,(H,22,25)(H,23,24).